The molecule has 1 aromatic heterocycles. The molecule has 0 saturated carbocycles. The minimum atomic E-state index is 0.694. The van der Waals surface area contributed by atoms with E-state index in [9.17, 15) is 0 Å². The normalized spacial score (nSPS) is 10.6. The fraction of sp³-hybridized carbons (Fsp3) is 0. The van der Waals surface area contributed by atoms with Crippen molar-refractivity contribution in [1.29, 1.82) is 0 Å². The summed E-state index contributed by atoms with van der Waals surface area (Å²) < 4.78 is 1.93. The Kier molecular flexibility index (Phi) is 1.51. The van der Waals surface area contributed by atoms with Crippen molar-refractivity contribution < 1.29 is 29.7 Å². The van der Waals surface area contributed by atoms with Crippen molar-refractivity contribution in [3.05, 3.63) is 24.3 Å². The van der Waals surface area contributed by atoms with E-state index in [-0.39, 0.29) is 0 Å². The average Bonchev–Trinajstić information content (AvgIpc) is 2.34. The van der Waals surface area contributed by atoms with Crippen LogP contribution in [0.4, 0.5) is 0 Å². The maximum atomic E-state index is 3.97. The Morgan fingerprint density at radius 2 is 2.10 bits per heavy atom. The first-order valence-corrected chi connectivity index (χ1v) is 4.76. The third kappa shape index (κ3) is 0.883. The summed E-state index contributed by atoms with van der Waals surface area (Å²) in [6.07, 6.45) is 0. The Morgan fingerprint density at radius 3 is 2.90 bits per heavy atom. The molecule has 1 aromatic carbocycles. The summed E-state index contributed by atoms with van der Waals surface area (Å²) in [5.41, 5.74) is 2.14. The second-order valence-corrected chi connectivity index (χ2v) is 3.75. The minimum absolute atomic E-state index is 0.694. The molecule has 0 aliphatic rings. The number of rotatable bonds is 0. The first kappa shape index (κ1) is 6.39. The van der Waals surface area contributed by atoms with Crippen LogP contribution < -0.4 is 0 Å². The van der Waals surface area contributed by atoms with Gasteiger partial charge in [-0.15, -0.1) is 0 Å². The van der Waals surface area contributed by atoms with Crippen LogP contribution in [-0.4, -0.2) is 12.3 Å². The number of nitrogens with zero attached hydrogens (tertiary/aromatic N) is 3. The second kappa shape index (κ2) is 2.37. The molecular weight excluding hydrogens is 352 g/mol. The predicted molar refractivity (Wildman–Crippen MR) is 32.9 cm³/mol. The molecule has 0 radical (unpaired) electrons. The first-order chi connectivity index (χ1) is 4.88. The quantitative estimate of drug-likeness (QED) is 0.698. The van der Waals surface area contributed by atoms with Gasteiger partial charge in [-0.2, -0.15) is 0 Å². The zero-order valence-corrected chi connectivity index (χ0v) is 9.31. The van der Waals surface area contributed by atoms with Gasteiger partial charge in [-0.25, -0.2) is 0 Å². The molecule has 0 amide bonds. The van der Waals surface area contributed by atoms with E-state index in [1.807, 2.05) is 26.3 Å². The van der Waals surface area contributed by atoms with Gasteiger partial charge in [0.2, 0.25) is 0 Å². The molecule has 10 heavy (non-hydrogen) atoms. The van der Waals surface area contributed by atoms with Crippen LogP contribution in [0.15, 0.2) is 24.3 Å². The van der Waals surface area contributed by atoms with Crippen molar-refractivity contribution in [3.8, 4) is 0 Å². The van der Waals surface area contributed by atoms with Gasteiger partial charge in [0.1, 0.15) is 0 Å². The summed E-state index contributed by atoms with van der Waals surface area (Å²) in [7, 11) is 0. The Labute approximate surface area is 77.1 Å². The maximum absolute atomic E-state index is 3.97. The first-order valence-electron chi connectivity index (χ1n) is 2.90. The van der Waals surface area contributed by atoms with Crippen molar-refractivity contribution in [2.75, 3.05) is 0 Å². The number of hydrogen-bond acceptors (Lipinski definition) is 2. The van der Waals surface area contributed by atoms with Crippen LogP contribution in [0.2, 0.25) is 0 Å². The molecule has 2 rings (SSSR count). The molecule has 0 saturated heterocycles. The standard InChI is InChI=1S/C6H4N3.U/c1-2-4-6-5(3-1)7-9-8-6;/h1-4H;/q-1;+1. The van der Waals surface area contributed by atoms with Crippen LogP contribution in [0.5, 0.6) is 0 Å². The van der Waals surface area contributed by atoms with Crippen LogP contribution in [0.25, 0.3) is 11.0 Å². The topological polar surface area (TPSA) is 30.7 Å². The van der Waals surface area contributed by atoms with E-state index in [1.54, 1.807) is 0 Å². The van der Waals surface area contributed by atoms with Gasteiger partial charge in [0.25, 0.3) is 0 Å². The molecule has 0 bridgehead atoms. The Bertz CT molecular complexity index is 355. The molecule has 1 heterocycles. The monoisotopic (exact) mass is 356 g/mol. The van der Waals surface area contributed by atoms with E-state index in [4.69, 9.17) is 0 Å². The third-order valence-electron chi connectivity index (χ3n) is 1.35. The summed E-state index contributed by atoms with van der Waals surface area (Å²) in [5, 5.41) is 7.91. The molecular formula is C6H4N3U. The number of fused-ring (bicyclic) bond motifs is 1. The summed E-state index contributed by atoms with van der Waals surface area (Å²) in [6.45, 7) is 0. The molecule has 0 aliphatic carbocycles. The zero-order chi connectivity index (χ0) is 6.97. The summed E-state index contributed by atoms with van der Waals surface area (Å²) >= 11 is 0.694. The van der Waals surface area contributed by atoms with E-state index >= 15 is 0 Å². The van der Waals surface area contributed by atoms with E-state index in [0.29, 0.717) is 29.7 Å². The number of benzene rings is 1. The van der Waals surface area contributed by atoms with E-state index < -0.39 is 0 Å². The second-order valence-electron chi connectivity index (χ2n) is 1.99. The average molecular weight is 356 g/mol. The van der Waals surface area contributed by atoms with Gasteiger partial charge in [0.05, 0.1) is 0 Å². The third-order valence-corrected chi connectivity index (χ3v) is 2.73. The number of hydrogen-bond donors (Lipinski definition) is 0. The van der Waals surface area contributed by atoms with Crippen molar-refractivity contribution >= 4 is 11.0 Å². The van der Waals surface area contributed by atoms with E-state index in [2.05, 4.69) is 10.3 Å². The van der Waals surface area contributed by atoms with Crippen LogP contribution in [0.3, 0.4) is 0 Å². The molecule has 4 heteroatoms. The van der Waals surface area contributed by atoms with Gasteiger partial charge in [-0.3, -0.25) is 0 Å². The molecule has 3 nitrogen and oxygen atoms in total. The number of para-hydroxylation sites is 1. The Morgan fingerprint density at radius 1 is 1.30 bits per heavy atom. The van der Waals surface area contributed by atoms with Gasteiger partial charge in [0, 0.05) is 0 Å². The molecule has 0 spiro atoms. The van der Waals surface area contributed by atoms with Crippen molar-refractivity contribution in [2.45, 2.75) is 0 Å². The molecule has 0 aliphatic heterocycles. The van der Waals surface area contributed by atoms with Crippen LogP contribution >= 0.6 is 0 Å². The molecule has 0 fully saturated rings. The summed E-state index contributed by atoms with van der Waals surface area (Å²) in [4.78, 5) is 0. The van der Waals surface area contributed by atoms with Crippen LogP contribution in [-0.2, 0) is 0 Å². The van der Waals surface area contributed by atoms with Crippen molar-refractivity contribution in [3.63, 3.8) is 0 Å². The van der Waals surface area contributed by atoms with E-state index in [0.717, 1.165) is 11.0 Å². The predicted octanol–water partition coefficient (Wildman–Crippen LogP) is 0.744. The van der Waals surface area contributed by atoms with Gasteiger partial charge in [-0.1, -0.05) is 0 Å². The molecule has 0 unspecified atom stereocenters. The fourth-order valence-electron chi connectivity index (χ4n) is 0.869. The SMILES string of the molecule is [U][n]1nnc2ccccc21. The van der Waals surface area contributed by atoms with Gasteiger partial charge >= 0.3 is 77.4 Å². The summed E-state index contributed by atoms with van der Waals surface area (Å²) in [6, 6.07) is 7.99. The fourth-order valence-corrected chi connectivity index (χ4v) is 1.84. The molecule has 0 atom stereocenters. The van der Waals surface area contributed by atoms with Gasteiger partial charge in [0.15, 0.2) is 0 Å². The molecule has 2 aromatic rings. The Balaban J connectivity index is 2.93. The van der Waals surface area contributed by atoms with Crippen LogP contribution in [0.1, 0.15) is 0 Å². The van der Waals surface area contributed by atoms with E-state index in [1.165, 1.54) is 0 Å². The zero-order valence-electron chi connectivity index (χ0n) is 5.15. The summed E-state index contributed by atoms with van der Waals surface area (Å²) in [5.74, 6) is 0. The Hall–Kier alpha value is -0.328. The van der Waals surface area contributed by atoms with Crippen molar-refractivity contribution in [2.24, 2.45) is 0 Å². The van der Waals surface area contributed by atoms with Gasteiger partial charge in [-0.05, 0) is 0 Å². The van der Waals surface area contributed by atoms with Crippen molar-refractivity contribution in [1.82, 2.24) is 12.3 Å². The molecule has 0 N–H and O–H groups in total. The molecule has 47 valence electrons. The number of aromatic nitrogens is 3. The van der Waals surface area contributed by atoms with Gasteiger partial charge < -0.3 is 0 Å². The van der Waals surface area contributed by atoms with Crippen LogP contribution in [0, 0.1) is 29.7 Å².